The van der Waals surface area contributed by atoms with Crippen LogP contribution in [0.1, 0.15) is 31.2 Å². The standard InChI is InChI=1S/C13H14ClFO2/c14-10-7-9(3-4-11(10)15)8-12(16)13(17)5-1-2-6-13/h3-4,7,17H,1-2,5-6,8H2. The van der Waals surface area contributed by atoms with Crippen molar-refractivity contribution in [3.8, 4) is 0 Å². The molecule has 4 heteroatoms. The minimum atomic E-state index is -1.18. The van der Waals surface area contributed by atoms with Crippen LogP contribution in [0.3, 0.4) is 0 Å². The molecular formula is C13H14ClFO2. The fourth-order valence-electron chi connectivity index (χ4n) is 2.24. The van der Waals surface area contributed by atoms with Crippen molar-refractivity contribution in [1.82, 2.24) is 0 Å². The molecule has 1 aromatic carbocycles. The summed E-state index contributed by atoms with van der Waals surface area (Å²) in [7, 11) is 0. The molecule has 1 saturated carbocycles. The first-order valence-corrected chi connectivity index (χ1v) is 6.09. The second-order valence-electron chi connectivity index (χ2n) is 4.59. The van der Waals surface area contributed by atoms with Crippen molar-refractivity contribution >= 4 is 17.4 Å². The first kappa shape index (κ1) is 12.5. The molecule has 0 aromatic heterocycles. The Morgan fingerprint density at radius 2 is 2.06 bits per heavy atom. The van der Waals surface area contributed by atoms with Crippen LogP contribution >= 0.6 is 11.6 Å². The molecule has 1 fully saturated rings. The Balaban J connectivity index is 2.10. The van der Waals surface area contributed by atoms with Gasteiger partial charge in [0.2, 0.25) is 0 Å². The summed E-state index contributed by atoms with van der Waals surface area (Å²) in [5, 5.41) is 10.1. The highest BCUT2D eigenvalue weighted by molar-refractivity contribution is 6.30. The number of Topliss-reactive ketones (excluding diaryl/α,β-unsaturated/α-hetero) is 1. The van der Waals surface area contributed by atoms with Gasteiger partial charge in [0, 0.05) is 6.42 Å². The minimum absolute atomic E-state index is 0.00807. The fraction of sp³-hybridized carbons (Fsp3) is 0.462. The van der Waals surface area contributed by atoms with Gasteiger partial charge in [0.1, 0.15) is 11.4 Å². The van der Waals surface area contributed by atoms with Gasteiger partial charge in [-0.3, -0.25) is 4.79 Å². The molecular weight excluding hydrogens is 243 g/mol. The molecule has 0 aliphatic heterocycles. The van der Waals surface area contributed by atoms with Crippen LogP contribution < -0.4 is 0 Å². The molecule has 92 valence electrons. The van der Waals surface area contributed by atoms with Crippen molar-refractivity contribution in [2.24, 2.45) is 0 Å². The van der Waals surface area contributed by atoms with Crippen LogP contribution in [-0.4, -0.2) is 16.5 Å². The monoisotopic (exact) mass is 256 g/mol. The van der Waals surface area contributed by atoms with Crippen molar-refractivity contribution in [3.63, 3.8) is 0 Å². The van der Waals surface area contributed by atoms with Crippen molar-refractivity contribution in [2.45, 2.75) is 37.7 Å². The molecule has 0 saturated heterocycles. The van der Waals surface area contributed by atoms with E-state index < -0.39 is 11.4 Å². The molecule has 0 unspecified atom stereocenters. The molecule has 0 amide bonds. The normalized spacial score (nSPS) is 18.3. The lowest BCUT2D eigenvalue weighted by atomic mass is 9.92. The molecule has 0 spiro atoms. The lowest BCUT2D eigenvalue weighted by Crippen LogP contribution is -2.36. The first-order valence-electron chi connectivity index (χ1n) is 5.71. The van der Waals surface area contributed by atoms with E-state index in [2.05, 4.69) is 0 Å². The SMILES string of the molecule is O=C(Cc1ccc(F)c(Cl)c1)C1(O)CCCC1. The van der Waals surface area contributed by atoms with Crippen LogP contribution in [0, 0.1) is 5.82 Å². The maximum absolute atomic E-state index is 12.9. The van der Waals surface area contributed by atoms with E-state index in [1.807, 2.05) is 0 Å². The molecule has 1 aromatic rings. The van der Waals surface area contributed by atoms with Gasteiger partial charge >= 0.3 is 0 Å². The molecule has 0 heterocycles. The van der Waals surface area contributed by atoms with Gasteiger partial charge in [0.15, 0.2) is 5.78 Å². The number of aliphatic hydroxyl groups is 1. The zero-order chi connectivity index (χ0) is 12.5. The van der Waals surface area contributed by atoms with E-state index in [0.717, 1.165) is 12.8 Å². The van der Waals surface area contributed by atoms with Gasteiger partial charge in [0.05, 0.1) is 5.02 Å². The van der Waals surface area contributed by atoms with Gasteiger partial charge in [-0.1, -0.05) is 17.7 Å². The van der Waals surface area contributed by atoms with E-state index in [1.54, 1.807) is 0 Å². The Labute approximate surface area is 104 Å². The number of hydrogen-bond donors (Lipinski definition) is 1. The fourth-order valence-corrected chi connectivity index (χ4v) is 2.44. The van der Waals surface area contributed by atoms with E-state index >= 15 is 0 Å². The van der Waals surface area contributed by atoms with E-state index in [4.69, 9.17) is 11.6 Å². The van der Waals surface area contributed by atoms with Crippen LogP contribution in [-0.2, 0) is 11.2 Å². The average Bonchev–Trinajstić information content (AvgIpc) is 2.72. The van der Waals surface area contributed by atoms with Crippen LogP contribution in [0.5, 0.6) is 0 Å². The van der Waals surface area contributed by atoms with Crippen molar-refractivity contribution < 1.29 is 14.3 Å². The Morgan fingerprint density at radius 1 is 1.41 bits per heavy atom. The van der Waals surface area contributed by atoms with Crippen LogP contribution in [0.4, 0.5) is 4.39 Å². The average molecular weight is 257 g/mol. The van der Waals surface area contributed by atoms with Gasteiger partial charge < -0.3 is 5.11 Å². The highest BCUT2D eigenvalue weighted by atomic mass is 35.5. The predicted molar refractivity (Wildman–Crippen MR) is 63.5 cm³/mol. The summed E-state index contributed by atoms with van der Waals surface area (Å²) in [6.45, 7) is 0. The molecule has 1 N–H and O–H groups in total. The second kappa shape index (κ2) is 4.75. The molecule has 2 rings (SSSR count). The Bertz CT molecular complexity index is 439. The number of carbonyl (C=O) groups excluding carboxylic acids is 1. The van der Waals surface area contributed by atoms with Crippen LogP contribution in [0.15, 0.2) is 18.2 Å². The summed E-state index contributed by atoms with van der Waals surface area (Å²) in [5.74, 6) is -0.694. The zero-order valence-corrected chi connectivity index (χ0v) is 10.1. The highest BCUT2D eigenvalue weighted by Gasteiger charge is 2.38. The number of ketones is 1. The third-order valence-corrected chi connectivity index (χ3v) is 3.59. The minimum Gasteiger partial charge on any atom is -0.382 e. The van der Waals surface area contributed by atoms with E-state index in [0.29, 0.717) is 18.4 Å². The largest absolute Gasteiger partial charge is 0.382 e. The van der Waals surface area contributed by atoms with Crippen LogP contribution in [0.25, 0.3) is 0 Å². The smallest absolute Gasteiger partial charge is 0.168 e. The van der Waals surface area contributed by atoms with E-state index in [-0.39, 0.29) is 17.2 Å². The predicted octanol–water partition coefficient (Wildman–Crippen LogP) is 2.90. The van der Waals surface area contributed by atoms with Gasteiger partial charge in [-0.2, -0.15) is 0 Å². The summed E-state index contributed by atoms with van der Waals surface area (Å²) >= 11 is 5.64. The number of halogens is 2. The summed E-state index contributed by atoms with van der Waals surface area (Å²) < 4.78 is 12.9. The van der Waals surface area contributed by atoms with Gasteiger partial charge in [-0.15, -0.1) is 0 Å². The maximum atomic E-state index is 12.9. The van der Waals surface area contributed by atoms with Crippen molar-refractivity contribution in [3.05, 3.63) is 34.6 Å². The Kier molecular flexibility index (Phi) is 3.50. The molecule has 0 atom stereocenters. The first-order chi connectivity index (χ1) is 8.01. The number of carbonyl (C=O) groups is 1. The molecule has 0 radical (unpaired) electrons. The molecule has 1 aliphatic carbocycles. The quantitative estimate of drug-likeness (QED) is 0.903. The van der Waals surface area contributed by atoms with Crippen molar-refractivity contribution in [1.29, 1.82) is 0 Å². The van der Waals surface area contributed by atoms with Gasteiger partial charge in [0.25, 0.3) is 0 Å². The number of hydrogen-bond acceptors (Lipinski definition) is 2. The molecule has 17 heavy (non-hydrogen) atoms. The molecule has 0 bridgehead atoms. The van der Waals surface area contributed by atoms with Gasteiger partial charge in [-0.25, -0.2) is 4.39 Å². The molecule has 2 nitrogen and oxygen atoms in total. The zero-order valence-electron chi connectivity index (χ0n) is 9.38. The van der Waals surface area contributed by atoms with Crippen molar-refractivity contribution in [2.75, 3.05) is 0 Å². The summed E-state index contributed by atoms with van der Waals surface area (Å²) in [4.78, 5) is 11.9. The lowest BCUT2D eigenvalue weighted by molar-refractivity contribution is -0.136. The number of rotatable bonds is 3. The summed E-state index contributed by atoms with van der Waals surface area (Å²) in [6, 6.07) is 4.20. The Hall–Kier alpha value is -0.930. The maximum Gasteiger partial charge on any atom is 0.168 e. The van der Waals surface area contributed by atoms with E-state index in [1.165, 1.54) is 18.2 Å². The topological polar surface area (TPSA) is 37.3 Å². The summed E-state index contributed by atoms with van der Waals surface area (Å²) in [6.07, 6.45) is 2.93. The third kappa shape index (κ3) is 2.67. The Morgan fingerprint density at radius 3 is 2.65 bits per heavy atom. The highest BCUT2D eigenvalue weighted by Crippen LogP contribution is 2.31. The lowest BCUT2D eigenvalue weighted by Gasteiger charge is -2.20. The third-order valence-electron chi connectivity index (χ3n) is 3.30. The van der Waals surface area contributed by atoms with E-state index in [9.17, 15) is 14.3 Å². The number of benzene rings is 1. The summed E-state index contributed by atoms with van der Waals surface area (Å²) in [5.41, 5.74) is -0.539. The van der Waals surface area contributed by atoms with Gasteiger partial charge in [-0.05, 0) is 43.4 Å². The molecule has 1 aliphatic rings. The second-order valence-corrected chi connectivity index (χ2v) is 4.99. The van der Waals surface area contributed by atoms with Crippen LogP contribution in [0.2, 0.25) is 5.02 Å².